The Bertz CT molecular complexity index is 1580. The number of aromatic nitrogens is 1. The van der Waals surface area contributed by atoms with Gasteiger partial charge in [-0.3, -0.25) is 19.8 Å². The molecule has 1 N–H and O–H groups in total. The lowest BCUT2D eigenvalue weighted by atomic mass is 10.1. The minimum atomic E-state index is -0.599. The molecule has 1 fully saturated rings. The number of amides is 2. The minimum Gasteiger partial charge on any atom is -0.457 e. The summed E-state index contributed by atoms with van der Waals surface area (Å²) in [6.07, 6.45) is 2.93. The van der Waals surface area contributed by atoms with Gasteiger partial charge in [0.05, 0.1) is 17.3 Å². The predicted molar refractivity (Wildman–Crippen MR) is 145 cm³/mol. The van der Waals surface area contributed by atoms with Crippen LogP contribution in [0, 0.1) is 11.3 Å². The third-order valence-corrected chi connectivity index (χ3v) is 5.74. The van der Waals surface area contributed by atoms with Gasteiger partial charge in [-0.25, -0.2) is 4.98 Å². The second kappa shape index (κ2) is 10.7. The van der Waals surface area contributed by atoms with Gasteiger partial charge >= 0.3 is 0 Å². The van der Waals surface area contributed by atoms with E-state index in [9.17, 15) is 9.59 Å². The molecule has 0 aliphatic carbocycles. The maximum Gasteiger partial charge on any atom is 0.270 e. The topological polar surface area (TPSA) is 105 Å². The number of anilines is 1. The summed E-state index contributed by atoms with van der Waals surface area (Å²) in [7, 11) is 0. The van der Waals surface area contributed by atoms with Crippen LogP contribution in [-0.2, 0) is 9.59 Å². The van der Waals surface area contributed by atoms with Crippen LogP contribution in [0.5, 0.6) is 23.1 Å². The summed E-state index contributed by atoms with van der Waals surface area (Å²) in [5.74, 6) is 0.950. The van der Waals surface area contributed by atoms with Gasteiger partial charge in [0.2, 0.25) is 5.88 Å². The molecular formula is C29H18N4O4S. The third-order valence-electron chi connectivity index (χ3n) is 5.45. The number of para-hydroxylation sites is 1. The van der Waals surface area contributed by atoms with Crippen LogP contribution >= 0.6 is 12.2 Å². The number of rotatable bonds is 6. The predicted octanol–water partition coefficient (Wildman–Crippen LogP) is 5.37. The molecule has 2 heterocycles. The van der Waals surface area contributed by atoms with Crippen LogP contribution in [0.25, 0.3) is 6.08 Å². The van der Waals surface area contributed by atoms with Crippen molar-refractivity contribution >= 4 is 40.9 Å². The van der Waals surface area contributed by atoms with E-state index in [2.05, 4.69) is 10.3 Å². The molecule has 1 aliphatic rings. The Balaban J connectivity index is 1.32. The molecule has 1 saturated heterocycles. The van der Waals surface area contributed by atoms with Crippen molar-refractivity contribution < 1.29 is 19.1 Å². The van der Waals surface area contributed by atoms with Crippen LogP contribution in [0.4, 0.5) is 5.69 Å². The van der Waals surface area contributed by atoms with E-state index in [0.717, 1.165) is 0 Å². The van der Waals surface area contributed by atoms with Crippen molar-refractivity contribution in [2.24, 2.45) is 0 Å². The van der Waals surface area contributed by atoms with Gasteiger partial charge in [0.1, 0.15) is 22.8 Å². The normalized spacial score (nSPS) is 14.1. The Kier molecular flexibility index (Phi) is 6.89. The summed E-state index contributed by atoms with van der Waals surface area (Å²) in [6.45, 7) is 0. The van der Waals surface area contributed by atoms with Crippen molar-refractivity contribution in [1.29, 1.82) is 5.26 Å². The molecule has 4 aromatic rings. The first-order valence-corrected chi connectivity index (χ1v) is 11.8. The number of pyridine rings is 1. The molecule has 1 aromatic heterocycles. The van der Waals surface area contributed by atoms with Gasteiger partial charge in [0.15, 0.2) is 5.11 Å². The van der Waals surface area contributed by atoms with Crippen LogP contribution in [0.3, 0.4) is 0 Å². The summed E-state index contributed by atoms with van der Waals surface area (Å²) in [6, 6.07) is 28.1. The van der Waals surface area contributed by atoms with Gasteiger partial charge in [-0.05, 0) is 90.6 Å². The molecule has 5 rings (SSSR count). The average molecular weight is 519 g/mol. The van der Waals surface area contributed by atoms with Crippen molar-refractivity contribution in [2.45, 2.75) is 0 Å². The molecule has 2 amide bonds. The lowest BCUT2D eigenvalue weighted by molar-refractivity contribution is -0.122. The van der Waals surface area contributed by atoms with Crippen molar-refractivity contribution in [3.05, 3.63) is 114 Å². The number of thiocarbonyl (C=S) groups is 1. The standard InChI is InChI=1S/C29H18N4O4S/c30-17-19-6-11-24(12-7-19)37-26-15-8-20(18-31-26)16-25-27(34)32-29(38)33(28(25)35)21-9-13-23(14-10-21)36-22-4-2-1-3-5-22/h1-16,18H,(H,32,34,38). The number of nitriles is 1. The Morgan fingerprint density at radius 3 is 2.16 bits per heavy atom. The van der Waals surface area contributed by atoms with Crippen molar-refractivity contribution in [1.82, 2.24) is 10.3 Å². The van der Waals surface area contributed by atoms with E-state index >= 15 is 0 Å². The largest absolute Gasteiger partial charge is 0.457 e. The second-order valence-electron chi connectivity index (χ2n) is 8.03. The van der Waals surface area contributed by atoms with Crippen LogP contribution in [-0.4, -0.2) is 21.9 Å². The first kappa shape index (κ1) is 24.4. The van der Waals surface area contributed by atoms with Gasteiger partial charge in [-0.2, -0.15) is 5.26 Å². The van der Waals surface area contributed by atoms with E-state index < -0.39 is 11.8 Å². The molecule has 8 nitrogen and oxygen atoms in total. The quantitative estimate of drug-likeness (QED) is 0.208. The molecule has 38 heavy (non-hydrogen) atoms. The molecule has 3 aromatic carbocycles. The molecular weight excluding hydrogens is 500 g/mol. The van der Waals surface area contributed by atoms with Crippen LogP contribution in [0.15, 0.2) is 103 Å². The fourth-order valence-electron chi connectivity index (χ4n) is 3.60. The number of hydrogen-bond acceptors (Lipinski definition) is 7. The zero-order valence-corrected chi connectivity index (χ0v) is 20.5. The Labute approximate surface area is 223 Å². The van der Waals surface area contributed by atoms with Crippen LogP contribution in [0.1, 0.15) is 11.1 Å². The van der Waals surface area contributed by atoms with E-state index in [1.807, 2.05) is 36.4 Å². The highest BCUT2D eigenvalue weighted by Gasteiger charge is 2.34. The number of hydrogen-bond donors (Lipinski definition) is 1. The van der Waals surface area contributed by atoms with Crippen LogP contribution < -0.4 is 19.7 Å². The summed E-state index contributed by atoms with van der Waals surface area (Å²) >= 11 is 5.28. The smallest absolute Gasteiger partial charge is 0.270 e. The lowest BCUT2D eigenvalue weighted by Crippen LogP contribution is -2.54. The van der Waals surface area contributed by atoms with Crippen molar-refractivity contribution in [3.63, 3.8) is 0 Å². The van der Waals surface area contributed by atoms with Crippen molar-refractivity contribution in [3.8, 4) is 29.2 Å². The summed E-state index contributed by atoms with van der Waals surface area (Å²) in [5.41, 5.74) is 1.43. The number of carbonyl (C=O) groups is 2. The molecule has 0 bridgehead atoms. The Hall–Kier alpha value is -5.33. The highest BCUT2D eigenvalue weighted by atomic mass is 32.1. The highest BCUT2D eigenvalue weighted by molar-refractivity contribution is 7.80. The summed E-state index contributed by atoms with van der Waals surface area (Å²) in [5, 5.41) is 11.5. The van der Waals surface area contributed by atoms with E-state index in [0.29, 0.717) is 39.9 Å². The van der Waals surface area contributed by atoms with Gasteiger partial charge in [0.25, 0.3) is 11.8 Å². The molecule has 0 radical (unpaired) electrons. The molecule has 1 aliphatic heterocycles. The fourth-order valence-corrected chi connectivity index (χ4v) is 3.88. The molecule has 184 valence electrons. The Morgan fingerprint density at radius 2 is 1.50 bits per heavy atom. The third kappa shape index (κ3) is 5.41. The molecule has 0 unspecified atom stereocenters. The van der Waals surface area contributed by atoms with E-state index in [1.165, 1.54) is 17.2 Å². The molecule has 0 atom stereocenters. The second-order valence-corrected chi connectivity index (χ2v) is 8.42. The number of ether oxygens (including phenoxy) is 2. The average Bonchev–Trinajstić information content (AvgIpc) is 2.94. The first-order chi connectivity index (χ1) is 18.5. The van der Waals surface area contributed by atoms with Gasteiger partial charge in [-0.15, -0.1) is 0 Å². The number of nitrogens with zero attached hydrogens (tertiary/aromatic N) is 3. The van der Waals surface area contributed by atoms with Crippen LogP contribution in [0.2, 0.25) is 0 Å². The SMILES string of the molecule is N#Cc1ccc(Oc2ccc(C=C3C(=O)NC(=S)N(c4ccc(Oc5ccccc5)cc4)C3=O)cn2)cc1. The first-order valence-electron chi connectivity index (χ1n) is 11.4. The highest BCUT2D eigenvalue weighted by Crippen LogP contribution is 2.27. The maximum absolute atomic E-state index is 13.3. The zero-order chi connectivity index (χ0) is 26.5. The summed E-state index contributed by atoms with van der Waals surface area (Å²) in [4.78, 5) is 31.4. The molecule has 9 heteroatoms. The fraction of sp³-hybridized carbons (Fsp3) is 0. The minimum absolute atomic E-state index is 0.0156. The van der Waals surface area contributed by atoms with Gasteiger partial charge < -0.3 is 9.47 Å². The number of nitrogens with one attached hydrogen (secondary N) is 1. The maximum atomic E-state index is 13.3. The van der Waals surface area contributed by atoms with Gasteiger partial charge in [0, 0.05) is 12.3 Å². The Morgan fingerprint density at radius 1 is 0.842 bits per heavy atom. The van der Waals surface area contributed by atoms with E-state index in [-0.39, 0.29) is 10.7 Å². The monoisotopic (exact) mass is 518 g/mol. The molecule has 0 saturated carbocycles. The van der Waals surface area contributed by atoms with E-state index in [1.54, 1.807) is 60.7 Å². The zero-order valence-electron chi connectivity index (χ0n) is 19.7. The lowest BCUT2D eigenvalue weighted by Gasteiger charge is -2.29. The molecule has 0 spiro atoms. The number of benzene rings is 3. The number of carbonyl (C=O) groups excluding carboxylic acids is 2. The van der Waals surface area contributed by atoms with Crippen molar-refractivity contribution in [2.75, 3.05) is 4.90 Å². The summed E-state index contributed by atoms with van der Waals surface area (Å²) < 4.78 is 11.5. The van der Waals surface area contributed by atoms with Gasteiger partial charge in [-0.1, -0.05) is 18.2 Å². The van der Waals surface area contributed by atoms with E-state index in [4.69, 9.17) is 27.0 Å².